The van der Waals surface area contributed by atoms with E-state index in [2.05, 4.69) is 15.3 Å². The van der Waals surface area contributed by atoms with Crippen molar-refractivity contribution in [3.8, 4) is 0 Å². The van der Waals surface area contributed by atoms with Crippen LogP contribution in [-0.4, -0.2) is 15.9 Å². The van der Waals surface area contributed by atoms with Gasteiger partial charge in [-0.2, -0.15) is 0 Å². The molecule has 0 aliphatic carbocycles. The number of anilines is 1. The summed E-state index contributed by atoms with van der Waals surface area (Å²) in [6.45, 7) is 0. The van der Waals surface area contributed by atoms with Crippen molar-refractivity contribution in [3.05, 3.63) is 52.5 Å². The van der Waals surface area contributed by atoms with Crippen molar-refractivity contribution >= 4 is 34.8 Å². The highest BCUT2D eigenvalue weighted by molar-refractivity contribution is 6.30. The van der Waals surface area contributed by atoms with Crippen LogP contribution in [0.3, 0.4) is 0 Å². The number of pyridine rings is 2. The molecule has 0 aliphatic heterocycles. The van der Waals surface area contributed by atoms with Crippen LogP contribution in [0.1, 0.15) is 10.4 Å². The predicted molar refractivity (Wildman–Crippen MR) is 66.4 cm³/mol. The van der Waals surface area contributed by atoms with E-state index in [4.69, 9.17) is 23.2 Å². The fraction of sp³-hybridized carbons (Fsp3) is 0. The molecule has 0 spiro atoms. The SMILES string of the molecule is O=C(Nc1ccnc(Cl)c1)c1ccc(Cl)nc1. The van der Waals surface area contributed by atoms with Crippen LogP contribution in [0.5, 0.6) is 0 Å². The summed E-state index contributed by atoms with van der Waals surface area (Å²) in [6.07, 6.45) is 2.92. The van der Waals surface area contributed by atoms with Gasteiger partial charge in [0.25, 0.3) is 5.91 Å². The summed E-state index contributed by atoms with van der Waals surface area (Å²) in [5, 5.41) is 3.33. The van der Waals surface area contributed by atoms with Gasteiger partial charge >= 0.3 is 0 Å². The molecule has 0 saturated carbocycles. The third-order valence-electron chi connectivity index (χ3n) is 1.97. The van der Waals surface area contributed by atoms with Crippen LogP contribution >= 0.6 is 23.2 Å². The number of hydrogen-bond donors (Lipinski definition) is 1. The van der Waals surface area contributed by atoms with Crippen LogP contribution in [0.15, 0.2) is 36.7 Å². The minimum Gasteiger partial charge on any atom is -0.322 e. The molecule has 2 aromatic heterocycles. The lowest BCUT2D eigenvalue weighted by Crippen LogP contribution is -2.12. The van der Waals surface area contributed by atoms with Crippen LogP contribution in [0, 0.1) is 0 Å². The van der Waals surface area contributed by atoms with Crippen LogP contribution in [0.4, 0.5) is 5.69 Å². The first-order valence-corrected chi connectivity index (χ1v) is 5.45. The number of nitrogens with zero attached hydrogens (tertiary/aromatic N) is 2. The third kappa shape index (κ3) is 3.15. The van der Waals surface area contributed by atoms with Crippen molar-refractivity contribution in [1.82, 2.24) is 9.97 Å². The summed E-state index contributed by atoms with van der Waals surface area (Å²) in [5.41, 5.74) is 0.993. The van der Waals surface area contributed by atoms with Crippen molar-refractivity contribution in [3.63, 3.8) is 0 Å². The van der Waals surface area contributed by atoms with Gasteiger partial charge in [-0.05, 0) is 24.3 Å². The molecule has 1 amide bonds. The Kier molecular flexibility index (Phi) is 3.56. The summed E-state index contributed by atoms with van der Waals surface area (Å²) in [5.74, 6) is -0.281. The van der Waals surface area contributed by atoms with E-state index in [-0.39, 0.29) is 5.91 Å². The maximum Gasteiger partial charge on any atom is 0.257 e. The van der Waals surface area contributed by atoms with Gasteiger partial charge in [0, 0.05) is 18.1 Å². The maximum absolute atomic E-state index is 11.8. The number of rotatable bonds is 2. The molecule has 4 nitrogen and oxygen atoms in total. The molecule has 2 heterocycles. The molecule has 2 rings (SSSR count). The Labute approximate surface area is 108 Å². The van der Waals surface area contributed by atoms with Crippen LogP contribution < -0.4 is 5.32 Å². The van der Waals surface area contributed by atoms with Gasteiger partial charge in [0.05, 0.1) is 5.56 Å². The van der Waals surface area contributed by atoms with Gasteiger partial charge < -0.3 is 5.32 Å². The van der Waals surface area contributed by atoms with Gasteiger partial charge in [-0.15, -0.1) is 0 Å². The number of aromatic nitrogens is 2. The van der Waals surface area contributed by atoms with Crippen molar-refractivity contribution in [2.45, 2.75) is 0 Å². The van der Waals surface area contributed by atoms with Gasteiger partial charge in [-0.25, -0.2) is 9.97 Å². The van der Waals surface area contributed by atoms with E-state index in [0.717, 1.165) is 0 Å². The Hall–Kier alpha value is -1.65. The lowest BCUT2D eigenvalue weighted by atomic mass is 10.2. The summed E-state index contributed by atoms with van der Waals surface area (Å²) < 4.78 is 0. The fourth-order valence-corrected chi connectivity index (χ4v) is 1.48. The highest BCUT2D eigenvalue weighted by Gasteiger charge is 2.06. The molecule has 0 unspecified atom stereocenters. The van der Waals surface area contributed by atoms with E-state index in [1.807, 2.05) is 0 Å². The molecular formula is C11H7Cl2N3O. The van der Waals surface area contributed by atoms with Gasteiger partial charge in [0.15, 0.2) is 0 Å². The van der Waals surface area contributed by atoms with Gasteiger partial charge in [-0.3, -0.25) is 4.79 Å². The van der Waals surface area contributed by atoms with E-state index >= 15 is 0 Å². The zero-order chi connectivity index (χ0) is 12.3. The minimum atomic E-state index is -0.281. The van der Waals surface area contributed by atoms with E-state index < -0.39 is 0 Å². The van der Waals surface area contributed by atoms with Gasteiger partial charge in [0.1, 0.15) is 10.3 Å². The molecule has 6 heteroatoms. The molecule has 0 atom stereocenters. The first-order valence-electron chi connectivity index (χ1n) is 4.69. The number of nitrogens with one attached hydrogen (secondary N) is 1. The molecule has 2 aromatic rings. The van der Waals surface area contributed by atoms with E-state index in [9.17, 15) is 4.79 Å². The highest BCUT2D eigenvalue weighted by atomic mass is 35.5. The normalized spacial score (nSPS) is 10.0. The highest BCUT2D eigenvalue weighted by Crippen LogP contribution is 2.13. The van der Waals surface area contributed by atoms with E-state index in [0.29, 0.717) is 21.6 Å². The topological polar surface area (TPSA) is 54.9 Å². The molecule has 0 saturated heterocycles. The van der Waals surface area contributed by atoms with Gasteiger partial charge in [-0.1, -0.05) is 23.2 Å². The monoisotopic (exact) mass is 267 g/mol. The average molecular weight is 268 g/mol. The molecule has 0 radical (unpaired) electrons. The smallest absolute Gasteiger partial charge is 0.257 e. The Morgan fingerprint density at radius 3 is 2.59 bits per heavy atom. The standard InChI is InChI=1S/C11H7Cl2N3O/c12-9-2-1-7(6-15-9)11(17)16-8-3-4-14-10(13)5-8/h1-6H,(H,14,16,17). The molecule has 0 aliphatic rings. The quantitative estimate of drug-likeness (QED) is 0.851. The number of carbonyl (C=O) groups excluding carboxylic acids is 1. The van der Waals surface area contributed by atoms with Crippen molar-refractivity contribution < 1.29 is 4.79 Å². The molecule has 0 bridgehead atoms. The van der Waals surface area contributed by atoms with Crippen molar-refractivity contribution in [2.24, 2.45) is 0 Å². The number of halogens is 2. The minimum absolute atomic E-state index is 0.281. The van der Waals surface area contributed by atoms with Crippen LogP contribution in [0.2, 0.25) is 10.3 Å². The lowest BCUT2D eigenvalue weighted by molar-refractivity contribution is 0.102. The number of hydrogen-bond acceptors (Lipinski definition) is 3. The summed E-state index contributed by atoms with van der Waals surface area (Å²) >= 11 is 11.3. The maximum atomic E-state index is 11.8. The van der Waals surface area contributed by atoms with E-state index in [1.54, 1.807) is 24.3 Å². The number of carbonyl (C=O) groups is 1. The molecule has 0 aromatic carbocycles. The van der Waals surface area contributed by atoms with E-state index in [1.165, 1.54) is 12.4 Å². The molecule has 1 N–H and O–H groups in total. The molecular weight excluding hydrogens is 261 g/mol. The number of amides is 1. The predicted octanol–water partition coefficient (Wildman–Crippen LogP) is 3.04. The van der Waals surface area contributed by atoms with Crippen molar-refractivity contribution in [2.75, 3.05) is 5.32 Å². The molecule has 0 fully saturated rings. The second kappa shape index (κ2) is 5.12. The zero-order valence-corrected chi connectivity index (χ0v) is 10.0. The Morgan fingerprint density at radius 1 is 1.12 bits per heavy atom. The first-order chi connectivity index (χ1) is 8.15. The molecule has 17 heavy (non-hydrogen) atoms. The Bertz CT molecular complexity index is 543. The van der Waals surface area contributed by atoms with Gasteiger partial charge in [0.2, 0.25) is 0 Å². The Morgan fingerprint density at radius 2 is 1.94 bits per heavy atom. The Balaban J connectivity index is 2.14. The fourth-order valence-electron chi connectivity index (χ4n) is 1.19. The largest absolute Gasteiger partial charge is 0.322 e. The average Bonchev–Trinajstić information content (AvgIpc) is 2.29. The second-order valence-electron chi connectivity index (χ2n) is 3.19. The lowest BCUT2D eigenvalue weighted by Gasteiger charge is -2.04. The first kappa shape index (κ1) is 11.8. The summed E-state index contributed by atoms with van der Waals surface area (Å²) in [4.78, 5) is 19.4. The van der Waals surface area contributed by atoms with Crippen molar-refractivity contribution in [1.29, 1.82) is 0 Å². The van der Waals surface area contributed by atoms with Crippen LogP contribution in [-0.2, 0) is 0 Å². The zero-order valence-electron chi connectivity index (χ0n) is 8.52. The molecule has 86 valence electrons. The summed E-state index contributed by atoms with van der Waals surface area (Å²) in [7, 11) is 0. The third-order valence-corrected chi connectivity index (χ3v) is 2.40. The summed E-state index contributed by atoms with van der Waals surface area (Å²) in [6, 6.07) is 6.35. The van der Waals surface area contributed by atoms with Crippen LogP contribution in [0.25, 0.3) is 0 Å². The second-order valence-corrected chi connectivity index (χ2v) is 3.97.